The largest absolute Gasteiger partial charge is 0.488 e. The van der Waals surface area contributed by atoms with Crippen molar-refractivity contribution in [2.45, 2.75) is 6.92 Å². The summed E-state index contributed by atoms with van der Waals surface area (Å²) >= 11 is 0. The SMILES string of the molecule is Cc1ccc(N)c(OCCOc2ccccc2NCO)c1. The molecule has 4 N–H and O–H groups in total. The number of nitrogens with one attached hydrogen (secondary N) is 1. The summed E-state index contributed by atoms with van der Waals surface area (Å²) in [5, 5.41) is 11.7. The van der Waals surface area contributed by atoms with Crippen molar-refractivity contribution < 1.29 is 14.6 Å². The molecule has 0 bridgehead atoms. The molecule has 0 heterocycles. The van der Waals surface area contributed by atoms with Crippen molar-refractivity contribution in [2.75, 3.05) is 31.0 Å². The minimum atomic E-state index is -0.142. The van der Waals surface area contributed by atoms with E-state index < -0.39 is 0 Å². The standard InChI is InChI=1S/C16H20N2O3/c1-12-6-7-13(17)16(10-12)21-9-8-20-15-5-3-2-4-14(15)18-11-19/h2-7,10,18-19H,8-9,11,17H2,1H3. The summed E-state index contributed by atoms with van der Waals surface area (Å²) < 4.78 is 11.3. The third-order valence-corrected chi connectivity index (χ3v) is 2.92. The molecule has 112 valence electrons. The summed E-state index contributed by atoms with van der Waals surface area (Å²) in [7, 11) is 0. The first kappa shape index (κ1) is 15.0. The highest BCUT2D eigenvalue weighted by molar-refractivity contribution is 5.56. The van der Waals surface area contributed by atoms with Gasteiger partial charge >= 0.3 is 0 Å². The van der Waals surface area contributed by atoms with Crippen molar-refractivity contribution >= 4 is 11.4 Å². The van der Waals surface area contributed by atoms with Crippen LogP contribution < -0.4 is 20.5 Å². The zero-order valence-electron chi connectivity index (χ0n) is 12.0. The Morgan fingerprint density at radius 1 is 1.05 bits per heavy atom. The number of aliphatic hydroxyl groups excluding tert-OH is 1. The van der Waals surface area contributed by atoms with Crippen LogP contribution in [-0.4, -0.2) is 25.1 Å². The Kier molecular flexibility index (Phi) is 5.29. The van der Waals surface area contributed by atoms with E-state index in [1.54, 1.807) is 0 Å². The van der Waals surface area contributed by atoms with Crippen LogP contribution >= 0.6 is 0 Å². The third-order valence-electron chi connectivity index (χ3n) is 2.92. The van der Waals surface area contributed by atoms with Crippen LogP contribution in [0.3, 0.4) is 0 Å². The van der Waals surface area contributed by atoms with Gasteiger partial charge in [0, 0.05) is 0 Å². The van der Waals surface area contributed by atoms with Crippen molar-refractivity contribution in [2.24, 2.45) is 0 Å². The van der Waals surface area contributed by atoms with Crippen LogP contribution in [-0.2, 0) is 0 Å². The van der Waals surface area contributed by atoms with Crippen LogP contribution in [0.5, 0.6) is 11.5 Å². The van der Waals surface area contributed by atoms with E-state index >= 15 is 0 Å². The number of aryl methyl sites for hydroxylation is 1. The van der Waals surface area contributed by atoms with Gasteiger partial charge in [-0.1, -0.05) is 18.2 Å². The van der Waals surface area contributed by atoms with Crippen LogP contribution in [0.1, 0.15) is 5.56 Å². The van der Waals surface area contributed by atoms with Gasteiger partial charge in [-0.05, 0) is 36.8 Å². The number of rotatable bonds is 7. The van der Waals surface area contributed by atoms with Gasteiger partial charge in [0.15, 0.2) is 0 Å². The maximum Gasteiger partial charge on any atom is 0.142 e. The summed E-state index contributed by atoms with van der Waals surface area (Å²) in [6.45, 7) is 2.62. The van der Waals surface area contributed by atoms with Crippen LogP contribution in [0.2, 0.25) is 0 Å². The van der Waals surface area contributed by atoms with E-state index in [9.17, 15) is 0 Å². The van der Waals surface area contributed by atoms with E-state index in [1.165, 1.54) is 0 Å². The first-order valence-corrected chi connectivity index (χ1v) is 6.76. The molecule has 0 aromatic heterocycles. The van der Waals surface area contributed by atoms with Crippen molar-refractivity contribution in [1.82, 2.24) is 0 Å². The lowest BCUT2D eigenvalue weighted by molar-refractivity contribution is 0.218. The second-order valence-corrected chi connectivity index (χ2v) is 4.57. The van der Waals surface area contributed by atoms with Gasteiger partial charge in [-0.15, -0.1) is 0 Å². The Hall–Kier alpha value is -2.40. The number of para-hydroxylation sites is 2. The van der Waals surface area contributed by atoms with Crippen molar-refractivity contribution in [3.05, 3.63) is 48.0 Å². The lowest BCUT2D eigenvalue weighted by Crippen LogP contribution is -2.11. The lowest BCUT2D eigenvalue weighted by Gasteiger charge is -2.13. The summed E-state index contributed by atoms with van der Waals surface area (Å²) in [6.07, 6.45) is 0. The molecule has 0 amide bonds. The van der Waals surface area contributed by atoms with E-state index in [0.29, 0.717) is 30.4 Å². The molecule has 0 unspecified atom stereocenters. The second-order valence-electron chi connectivity index (χ2n) is 4.57. The molecule has 0 spiro atoms. The normalized spacial score (nSPS) is 10.2. The van der Waals surface area contributed by atoms with Crippen molar-refractivity contribution in [3.8, 4) is 11.5 Å². The van der Waals surface area contributed by atoms with E-state index in [4.69, 9.17) is 20.3 Å². The second kappa shape index (κ2) is 7.40. The molecule has 2 aromatic rings. The molecule has 5 heteroatoms. The summed E-state index contributed by atoms with van der Waals surface area (Å²) in [4.78, 5) is 0. The van der Waals surface area contributed by atoms with Crippen molar-refractivity contribution in [1.29, 1.82) is 0 Å². The maximum absolute atomic E-state index is 8.92. The molecule has 0 saturated heterocycles. The van der Waals surface area contributed by atoms with Crippen LogP contribution in [0.25, 0.3) is 0 Å². The maximum atomic E-state index is 8.92. The average molecular weight is 288 g/mol. The van der Waals surface area contributed by atoms with E-state index in [2.05, 4.69) is 5.32 Å². The first-order valence-electron chi connectivity index (χ1n) is 6.76. The number of hydrogen-bond acceptors (Lipinski definition) is 5. The molecule has 2 aromatic carbocycles. The number of benzene rings is 2. The van der Waals surface area contributed by atoms with Gasteiger partial charge in [-0.25, -0.2) is 0 Å². The van der Waals surface area contributed by atoms with E-state index in [0.717, 1.165) is 11.3 Å². The Bertz CT molecular complexity index is 587. The Morgan fingerprint density at radius 2 is 1.76 bits per heavy atom. The van der Waals surface area contributed by atoms with Crippen LogP contribution in [0.4, 0.5) is 11.4 Å². The third kappa shape index (κ3) is 4.29. The van der Waals surface area contributed by atoms with Gasteiger partial charge in [0.1, 0.15) is 31.4 Å². The highest BCUT2D eigenvalue weighted by atomic mass is 16.5. The number of hydrogen-bond donors (Lipinski definition) is 3. The van der Waals surface area contributed by atoms with Crippen LogP contribution in [0, 0.1) is 6.92 Å². The van der Waals surface area contributed by atoms with Crippen molar-refractivity contribution in [3.63, 3.8) is 0 Å². The Morgan fingerprint density at radius 3 is 2.52 bits per heavy atom. The van der Waals surface area contributed by atoms with Gasteiger partial charge < -0.3 is 25.6 Å². The summed E-state index contributed by atoms with van der Waals surface area (Å²) in [6, 6.07) is 13.1. The lowest BCUT2D eigenvalue weighted by atomic mass is 10.2. The fraction of sp³-hybridized carbons (Fsp3) is 0.250. The molecule has 5 nitrogen and oxygen atoms in total. The summed E-state index contributed by atoms with van der Waals surface area (Å²) in [5.74, 6) is 1.34. The molecule has 0 atom stereocenters. The molecule has 0 saturated carbocycles. The number of anilines is 2. The monoisotopic (exact) mass is 288 g/mol. The highest BCUT2D eigenvalue weighted by Crippen LogP contribution is 2.24. The van der Waals surface area contributed by atoms with Gasteiger partial charge in [0.25, 0.3) is 0 Å². The predicted octanol–water partition coefficient (Wildman–Crippen LogP) is 2.40. The molecule has 0 aliphatic carbocycles. The molecule has 0 aliphatic rings. The van der Waals surface area contributed by atoms with E-state index in [-0.39, 0.29) is 6.73 Å². The molecular weight excluding hydrogens is 268 g/mol. The van der Waals surface area contributed by atoms with Gasteiger partial charge in [-0.3, -0.25) is 0 Å². The zero-order valence-corrected chi connectivity index (χ0v) is 12.0. The number of aliphatic hydroxyl groups is 1. The molecule has 2 rings (SSSR count). The topological polar surface area (TPSA) is 76.7 Å². The fourth-order valence-electron chi connectivity index (χ4n) is 1.89. The zero-order chi connectivity index (χ0) is 15.1. The molecule has 21 heavy (non-hydrogen) atoms. The molecular formula is C16H20N2O3. The smallest absolute Gasteiger partial charge is 0.142 e. The van der Waals surface area contributed by atoms with E-state index in [1.807, 2.05) is 49.4 Å². The molecule has 0 fully saturated rings. The molecule has 0 aliphatic heterocycles. The summed E-state index contributed by atoms with van der Waals surface area (Å²) in [5.41, 5.74) is 8.30. The van der Waals surface area contributed by atoms with Gasteiger partial charge in [0.2, 0.25) is 0 Å². The van der Waals surface area contributed by atoms with Gasteiger partial charge in [-0.2, -0.15) is 0 Å². The Balaban J connectivity index is 1.86. The average Bonchev–Trinajstić information content (AvgIpc) is 2.49. The number of ether oxygens (including phenoxy) is 2. The first-order chi connectivity index (χ1) is 10.2. The number of nitrogens with two attached hydrogens (primary N) is 1. The quantitative estimate of drug-likeness (QED) is 0.414. The van der Waals surface area contributed by atoms with Crippen LogP contribution in [0.15, 0.2) is 42.5 Å². The number of nitrogen functional groups attached to an aromatic ring is 1. The minimum absolute atomic E-state index is 0.142. The highest BCUT2D eigenvalue weighted by Gasteiger charge is 2.03. The predicted molar refractivity (Wildman–Crippen MR) is 83.7 cm³/mol. The Labute approximate surface area is 124 Å². The molecule has 0 radical (unpaired) electrons. The fourth-order valence-corrected chi connectivity index (χ4v) is 1.89. The minimum Gasteiger partial charge on any atom is -0.488 e. The van der Waals surface area contributed by atoms with Gasteiger partial charge in [0.05, 0.1) is 11.4 Å².